The topological polar surface area (TPSA) is 66.5 Å². The van der Waals surface area contributed by atoms with Gasteiger partial charge in [0.1, 0.15) is 6.54 Å². The summed E-state index contributed by atoms with van der Waals surface area (Å²) in [6.07, 6.45) is 1.10. The molecule has 0 unspecified atom stereocenters. The number of benzene rings is 1. The molecule has 0 aliphatic rings. The molecule has 0 saturated carbocycles. The Kier molecular flexibility index (Phi) is 6.45. The van der Waals surface area contributed by atoms with Gasteiger partial charge < -0.3 is 5.32 Å². The SMILES string of the molecule is CC(C)[C@@H](C)NC(=O)CN(c1ccc(I)cc1)S(C)(=O)=O. The van der Waals surface area contributed by atoms with Crippen molar-refractivity contribution in [2.24, 2.45) is 5.92 Å². The molecule has 5 nitrogen and oxygen atoms in total. The van der Waals surface area contributed by atoms with E-state index in [9.17, 15) is 13.2 Å². The van der Waals surface area contributed by atoms with Crippen LogP contribution in [0, 0.1) is 9.49 Å². The summed E-state index contributed by atoms with van der Waals surface area (Å²) in [7, 11) is -3.51. The van der Waals surface area contributed by atoms with Gasteiger partial charge in [0.25, 0.3) is 0 Å². The van der Waals surface area contributed by atoms with Crippen LogP contribution >= 0.6 is 22.6 Å². The molecule has 1 aromatic rings. The number of nitrogens with one attached hydrogen (secondary N) is 1. The smallest absolute Gasteiger partial charge is 0.240 e. The molecule has 1 amide bonds. The number of carbonyl (C=O) groups is 1. The lowest BCUT2D eigenvalue weighted by atomic mass is 10.1. The highest BCUT2D eigenvalue weighted by Gasteiger charge is 2.22. The maximum atomic E-state index is 12.0. The summed E-state index contributed by atoms with van der Waals surface area (Å²) in [6.45, 7) is 5.69. The number of nitrogens with zero attached hydrogens (tertiary/aromatic N) is 1. The van der Waals surface area contributed by atoms with E-state index >= 15 is 0 Å². The Morgan fingerprint density at radius 3 is 2.19 bits per heavy atom. The monoisotopic (exact) mass is 424 g/mol. The zero-order chi connectivity index (χ0) is 16.2. The molecule has 1 rings (SSSR count). The largest absolute Gasteiger partial charge is 0.352 e. The summed E-state index contributed by atoms with van der Waals surface area (Å²) in [4.78, 5) is 12.0. The van der Waals surface area contributed by atoms with Crippen molar-refractivity contribution < 1.29 is 13.2 Å². The number of carbonyl (C=O) groups excluding carboxylic acids is 1. The van der Waals surface area contributed by atoms with Crippen LogP contribution in [0.1, 0.15) is 20.8 Å². The van der Waals surface area contributed by atoms with Gasteiger partial charge in [-0.05, 0) is 59.7 Å². The third-order valence-corrected chi connectivity index (χ3v) is 5.05. The molecule has 0 aromatic heterocycles. The summed E-state index contributed by atoms with van der Waals surface area (Å²) in [5, 5.41) is 2.82. The van der Waals surface area contributed by atoms with E-state index < -0.39 is 10.0 Å². The summed E-state index contributed by atoms with van der Waals surface area (Å²) in [5.41, 5.74) is 0.491. The molecular formula is C14H21IN2O3S. The number of sulfonamides is 1. The van der Waals surface area contributed by atoms with E-state index in [2.05, 4.69) is 27.9 Å². The summed E-state index contributed by atoms with van der Waals surface area (Å²) in [6, 6.07) is 7.01. The molecule has 7 heteroatoms. The number of anilines is 1. The predicted octanol–water partition coefficient (Wildman–Crippen LogP) is 2.22. The molecule has 1 aromatic carbocycles. The number of amides is 1. The molecule has 0 spiro atoms. The van der Waals surface area contributed by atoms with Gasteiger partial charge in [-0.15, -0.1) is 0 Å². The van der Waals surface area contributed by atoms with E-state index in [1.54, 1.807) is 12.1 Å². The number of hydrogen-bond donors (Lipinski definition) is 1. The first kappa shape index (κ1) is 18.2. The Morgan fingerprint density at radius 2 is 1.76 bits per heavy atom. The minimum atomic E-state index is -3.51. The molecule has 118 valence electrons. The van der Waals surface area contributed by atoms with Crippen molar-refractivity contribution in [3.05, 3.63) is 27.8 Å². The van der Waals surface area contributed by atoms with Gasteiger partial charge >= 0.3 is 0 Å². The normalized spacial score (nSPS) is 13.0. The average molecular weight is 424 g/mol. The van der Waals surface area contributed by atoms with E-state index in [0.717, 1.165) is 14.1 Å². The third-order valence-electron chi connectivity index (χ3n) is 3.19. The second-order valence-corrected chi connectivity index (χ2v) is 8.50. The summed E-state index contributed by atoms with van der Waals surface area (Å²) < 4.78 is 26.0. The average Bonchev–Trinajstić information content (AvgIpc) is 2.35. The fraction of sp³-hybridized carbons (Fsp3) is 0.500. The number of rotatable bonds is 6. The Hall–Kier alpha value is -0.830. The summed E-state index contributed by atoms with van der Waals surface area (Å²) in [5.74, 6) is -0.0147. The van der Waals surface area contributed by atoms with Crippen LogP contribution in [0.3, 0.4) is 0 Å². The molecule has 1 N–H and O–H groups in total. The van der Waals surface area contributed by atoms with E-state index in [-0.39, 0.29) is 18.5 Å². The number of halogens is 1. The fourth-order valence-corrected chi connectivity index (χ4v) is 2.82. The first-order valence-electron chi connectivity index (χ1n) is 6.64. The van der Waals surface area contributed by atoms with Crippen molar-refractivity contribution in [2.45, 2.75) is 26.8 Å². The van der Waals surface area contributed by atoms with Crippen molar-refractivity contribution in [3.8, 4) is 0 Å². The molecular weight excluding hydrogens is 403 g/mol. The van der Waals surface area contributed by atoms with Gasteiger partial charge in [-0.25, -0.2) is 8.42 Å². The Balaban J connectivity index is 2.91. The highest BCUT2D eigenvalue weighted by molar-refractivity contribution is 14.1. The first-order valence-corrected chi connectivity index (χ1v) is 9.56. The van der Waals surface area contributed by atoms with Crippen LogP contribution in [0.25, 0.3) is 0 Å². The van der Waals surface area contributed by atoms with Crippen LogP contribution in [-0.4, -0.2) is 33.2 Å². The third kappa shape index (κ3) is 5.82. The van der Waals surface area contributed by atoms with Crippen molar-refractivity contribution in [1.29, 1.82) is 0 Å². The molecule has 0 fully saturated rings. The second kappa shape index (κ2) is 7.44. The van der Waals surface area contributed by atoms with Gasteiger partial charge in [-0.2, -0.15) is 0 Å². The van der Waals surface area contributed by atoms with Crippen LogP contribution < -0.4 is 9.62 Å². The number of hydrogen-bond acceptors (Lipinski definition) is 3. The maximum Gasteiger partial charge on any atom is 0.240 e. The lowest BCUT2D eigenvalue weighted by Gasteiger charge is -2.24. The maximum absolute atomic E-state index is 12.0. The summed E-state index contributed by atoms with van der Waals surface area (Å²) >= 11 is 2.14. The fourth-order valence-electron chi connectivity index (χ4n) is 1.60. The van der Waals surface area contributed by atoms with E-state index in [1.807, 2.05) is 32.9 Å². The van der Waals surface area contributed by atoms with Gasteiger partial charge in [-0.1, -0.05) is 13.8 Å². The van der Waals surface area contributed by atoms with E-state index in [1.165, 1.54) is 0 Å². The zero-order valence-corrected chi connectivity index (χ0v) is 15.6. The highest BCUT2D eigenvalue weighted by Crippen LogP contribution is 2.18. The van der Waals surface area contributed by atoms with Gasteiger partial charge in [0, 0.05) is 9.61 Å². The van der Waals surface area contributed by atoms with Gasteiger partial charge in [0.2, 0.25) is 15.9 Å². The van der Waals surface area contributed by atoms with E-state index in [0.29, 0.717) is 11.6 Å². The quantitative estimate of drug-likeness (QED) is 0.713. The van der Waals surface area contributed by atoms with Crippen molar-refractivity contribution in [1.82, 2.24) is 5.32 Å². The van der Waals surface area contributed by atoms with Crippen LogP contribution in [0.5, 0.6) is 0 Å². The van der Waals surface area contributed by atoms with Gasteiger partial charge in [-0.3, -0.25) is 9.10 Å². The zero-order valence-electron chi connectivity index (χ0n) is 12.6. The lowest BCUT2D eigenvalue weighted by molar-refractivity contribution is -0.120. The molecule has 0 aliphatic heterocycles. The molecule has 0 bridgehead atoms. The minimum absolute atomic E-state index is 0.00404. The van der Waals surface area contributed by atoms with Crippen LogP contribution in [0.15, 0.2) is 24.3 Å². The second-order valence-electron chi connectivity index (χ2n) is 5.35. The van der Waals surface area contributed by atoms with Crippen molar-refractivity contribution in [3.63, 3.8) is 0 Å². The van der Waals surface area contributed by atoms with Crippen LogP contribution in [-0.2, 0) is 14.8 Å². The van der Waals surface area contributed by atoms with Crippen LogP contribution in [0.2, 0.25) is 0 Å². The standard InChI is InChI=1S/C14H21IN2O3S/c1-10(2)11(3)16-14(18)9-17(21(4,19)20)13-7-5-12(15)6-8-13/h5-8,10-11H,9H2,1-4H3,(H,16,18)/t11-/m1/s1. The molecule has 0 aliphatic carbocycles. The predicted molar refractivity (Wildman–Crippen MR) is 93.8 cm³/mol. The van der Waals surface area contributed by atoms with Gasteiger partial charge in [0.05, 0.1) is 11.9 Å². The van der Waals surface area contributed by atoms with Gasteiger partial charge in [0.15, 0.2) is 0 Å². The molecule has 0 heterocycles. The Labute approximate surface area is 140 Å². The van der Waals surface area contributed by atoms with Crippen molar-refractivity contribution >= 4 is 44.2 Å². The Bertz CT molecular complexity index is 585. The van der Waals surface area contributed by atoms with Crippen molar-refractivity contribution in [2.75, 3.05) is 17.1 Å². The lowest BCUT2D eigenvalue weighted by Crippen LogP contribution is -2.44. The molecule has 1 atom stereocenters. The molecule has 0 saturated heterocycles. The molecule has 21 heavy (non-hydrogen) atoms. The minimum Gasteiger partial charge on any atom is -0.352 e. The highest BCUT2D eigenvalue weighted by atomic mass is 127. The Morgan fingerprint density at radius 1 is 1.24 bits per heavy atom. The molecule has 0 radical (unpaired) electrons. The first-order chi connectivity index (χ1) is 9.61. The van der Waals surface area contributed by atoms with E-state index in [4.69, 9.17) is 0 Å². The van der Waals surface area contributed by atoms with Crippen LogP contribution in [0.4, 0.5) is 5.69 Å².